The van der Waals surface area contributed by atoms with Crippen LogP contribution in [0.2, 0.25) is 0 Å². The zero-order valence-corrected chi connectivity index (χ0v) is 17.0. The summed E-state index contributed by atoms with van der Waals surface area (Å²) in [6, 6.07) is 13.2. The number of fused-ring (bicyclic) bond motifs is 1. The predicted molar refractivity (Wildman–Crippen MR) is 111 cm³/mol. The summed E-state index contributed by atoms with van der Waals surface area (Å²) >= 11 is 1.37. The summed E-state index contributed by atoms with van der Waals surface area (Å²) in [5, 5.41) is 1.18. The normalized spacial score (nSPS) is 11.6. The number of nitrogens with zero attached hydrogens (tertiary/aromatic N) is 4. The van der Waals surface area contributed by atoms with E-state index in [1.807, 2.05) is 6.26 Å². The Balaban J connectivity index is 1.64. The highest BCUT2D eigenvalue weighted by atomic mass is 32.2. The molecule has 0 spiro atoms. The maximum atomic E-state index is 12.9. The van der Waals surface area contributed by atoms with E-state index in [4.69, 9.17) is 0 Å². The zero-order valence-electron chi connectivity index (χ0n) is 15.4. The fourth-order valence-electron chi connectivity index (χ4n) is 2.91. The largest absolute Gasteiger partial charge is 0.292 e. The van der Waals surface area contributed by atoms with Crippen LogP contribution in [0.4, 0.5) is 0 Å². The first-order chi connectivity index (χ1) is 14.0. The molecule has 0 saturated carbocycles. The lowest BCUT2D eigenvalue weighted by atomic mass is 10.1. The van der Waals surface area contributed by atoms with Crippen LogP contribution in [0.5, 0.6) is 0 Å². The van der Waals surface area contributed by atoms with Crippen LogP contribution in [-0.4, -0.2) is 39.4 Å². The second-order valence-electron chi connectivity index (χ2n) is 6.21. The number of rotatable bonds is 6. The van der Waals surface area contributed by atoms with Crippen molar-refractivity contribution >= 4 is 38.6 Å². The number of ketones is 1. The molecule has 3 aromatic heterocycles. The highest BCUT2D eigenvalue weighted by molar-refractivity contribution is 7.98. The van der Waals surface area contributed by atoms with Crippen LogP contribution in [0.25, 0.3) is 11.0 Å². The maximum absolute atomic E-state index is 12.9. The molecule has 9 heteroatoms. The highest BCUT2D eigenvalue weighted by Crippen LogP contribution is 2.22. The molecule has 0 aliphatic carbocycles. The summed E-state index contributed by atoms with van der Waals surface area (Å²) < 4.78 is 26.9. The summed E-state index contributed by atoms with van der Waals surface area (Å²) in [5.41, 5.74) is 1.34. The van der Waals surface area contributed by atoms with E-state index in [9.17, 15) is 13.2 Å². The van der Waals surface area contributed by atoms with Gasteiger partial charge in [0.25, 0.3) is 10.0 Å². The molecule has 0 bridgehead atoms. The number of hydrogen-bond donors (Lipinski definition) is 0. The Bertz CT molecular complexity index is 1300. The van der Waals surface area contributed by atoms with Gasteiger partial charge in [-0.15, -0.1) is 0 Å². The third kappa shape index (κ3) is 3.79. The SMILES string of the molecule is CSc1nccc(C(=O)Cc2cnc3c(ccn3S(=O)(=O)c3ccccc3)c2)n1. The molecule has 4 rings (SSSR count). The van der Waals surface area contributed by atoms with Crippen LogP contribution in [0.3, 0.4) is 0 Å². The van der Waals surface area contributed by atoms with E-state index in [2.05, 4.69) is 15.0 Å². The molecule has 0 aliphatic rings. The second kappa shape index (κ2) is 7.76. The Hall–Kier alpha value is -3.04. The summed E-state index contributed by atoms with van der Waals surface area (Å²) in [6.07, 6.45) is 6.51. The van der Waals surface area contributed by atoms with Gasteiger partial charge >= 0.3 is 0 Å². The fraction of sp³-hybridized carbons (Fsp3) is 0.100. The van der Waals surface area contributed by atoms with Crippen LogP contribution >= 0.6 is 11.8 Å². The Labute approximate surface area is 171 Å². The minimum Gasteiger partial charge on any atom is -0.292 e. The lowest BCUT2D eigenvalue weighted by Gasteiger charge is -2.07. The van der Waals surface area contributed by atoms with Gasteiger partial charge in [0.05, 0.1) is 4.90 Å². The Morgan fingerprint density at radius 2 is 1.90 bits per heavy atom. The standard InChI is InChI=1S/C20H16N4O3S2/c1-28-20-21-9-7-17(23-20)18(25)12-14-11-15-8-10-24(19(15)22-13-14)29(26,27)16-5-3-2-4-6-16/h2-11,13H,12H2,1H3. The molecule has 0 N–H and O–H groups in total. The maximum Gasteiger partial charge on any atom is 0.269 e. The van der Waals surface area contributed by atoms with Crippen molar-refractivity contribution in [2.75, 3.05) is 6.26 Å². The monoisotopic (exact) mass is 424 g/mol. The van der Waals surface area contributed by atoms with Crippen molar-refractivity contribution in [3.63, 3.8) is 0 Å². The third-order valence-electron chi connectivity index (χ3n) is 4.32. The van der Waals surface area contributed by atoms with Crippen LogP contribution in [0.1, 0.15) is 16.1 Å². The lowest BCUT2D eigenvalue weighted by molar-refractivity contribution is 0.0987. The lowest BCUT2D eigenvalue weighted by Crippen LogP contribution is -2.12. The third-order valence-corrected chi connectivity index (χ3v) is 6.56. The Kier molecular flexibility index (Phi) is 5.16. The number of thioether (sulfide) groups is 1. The number of carbonyl (C=O) groups excluding carboxylic acids is 1. The van der Waals surface area contributed by atoms with Crippen LogP contribution in [0, 0.1) is 0 Å². The minimum atomic E-state index is -3.74. The molecule has 0 fully saturated rings. The number of hydrogen-bond acceptors (Lipinski definition) is 7. The van der Waals surface area contributed by atoms with Gasteiger partial charge in [-0.25, -0.2) is 27.3 Å². The molecular formula is C20H16N4O3S2. The Morgan fingerprint density at radius 3 is 2.66 bits per heavy atom. The van der Waals surface area contributed by atoms with Gasteiger partial charge in [0, 0.05) is 30.4 Å². The summed E-state index contributed by atoms with van der Waals surface area (Å²) in [7, 11) is -3.74. The highest BCUT2D eigenvalue weighted by Gasteiger charge is 2.20. The van der Waals surface area contributed by atoms with E-state index in [1.54, 1.807) is 54.7 Å². The van der Waals surface area contributed by atoms with Gasteiger partial charge in [-0.2, -0.15) is 0 Å². The van der Waals surface area contributed by atoms with Gasteiger partial charge in [0.15, 0.2) is 16.6 Å². The first-order valence-corrected chi connectivity index (χ1v) is 11.3. The first kappa shape index (κ1) is 19.3. The van der Waals surface area contributed by atoms with Crippen molar-refractivity contribution in [2.45, 2.75) is 16.5 Å². The molecule has 7 nitrogen and oxygen atoms in total. The summed E-state index contributed by atoms with van der Waals surface area (Å²) in [5.74, 6) is -0.153. The van der Waals surface area contributed by atoms with Crippen LogP contribution in [0.15, 0.2) is 77.2 Å². The van der Waals surface area contributed by atoms with Crippen molar-refractivity contribution in [3.8, 4) is 0 Å². The molecule has 0 aliphatic heterocycles. The number of carbonyl (C=O) groups is 1. The minimum absolute atomic E-state index is 0.115. The van der Waals surface area contributed by atoms with Gasteiger partial charge in [0.2, 0.25) is 0 Å². The average Bonchev–Trinajstić information content (AvgIpc) is 3.18. The molecule has 0 unspecified atom stereocenters. The fourth-order valence-corrected chi connectivity index (χ4v) is 4.60. The molecule has 0 amide bonds. The summed E-state index contributed by atoms with van der Waals surface area (Å²) in [4.78, 5) is 25.3. The second-order valence-corrected chi connectivity index (χ2v) is 8.80. The van der Waals surface area contributed by atoms with Crippen molar-refractivity contribution in [1.82, 2.24) is 18.9 Å². The van der Waals surface area contributed by atoms with E-state index >= 15 is 0 Å². The molecule has 1 aromatic carbocycles. The first-order valence-electron chi connectivity index (χ1n) is 8.66. The predicted octanol–water partition coefficient (Wildman–Crippen LogP) is 3.21. The molecule has 3 heterocycles. The van der Waals surface area contributed by atoms with Crippen LogP contribution < -0.4 is 0 Å². The Morgan fingerprint density at radius 1 is 1.10 bits per heavy atom. The zero-order chi connectivity index (χ0) is 20.4. The molecule has 29 heavy (non-hydrogen) atoms. The van der Waals surface area contributed by atoms with E-state index in [0.717, 1.165) is 3.97 Å². The van der Waals surface area contributed by atoms with Gasteiger partial charge in [-0.3, -0.25) is 4.79 Å². The van der Waals surface area contributed by atoms with Crippen molar-refractivity contribution in [2.24, 2.45) is 0 Å². The van der Waals surface area contributed by atoms with Gasteiger partial charge in [0.1, 0.15) is 5.69 Å². The average molecular weight is 425 g/mol. The van der Waals surface area contributed by atoms with Crippen molar-refractivity contribution < 1.29 is 13.2 Å². The van der Waals surface area contributed by atoms with E-state index in [-0.39, 0.29) is 17.1 Å². The van der Waals surface area contributed by atoms with Crippen molar-refractivity contribution in [1.29, 1.82) is 0 Å². The number of Topliss-reactive ketones (excluding diaryl/α,β-unsaturated/α-hetero) is 1. The molecule has 0 radical (unpaired) electrons. The van der Waals surface area contributed by atoms with Crippen LogP contribution in [-0.2, 0) is 16.4 Å². The molecular weight excluding hydrogens is 408 g/mol. The molecule has 0 saturated heterocycles. The van der Waals surface area contributed by atoms with Gasteiger partial charge in [-0.05, 0) is 42.2 Å². The number of benzene rings is 1. The summed E-state index contributed by atoms with van der Waals surface area (Å²) in [6.45, 7) is 0. The molecule has 0 atom stereocenters. The number of aromatic nitrogens is 4. The van der Waals surface area contributed by atoms with Crippen molar-refractivity contribution in [3.05, 3.63) is 78.4 Å². The molecule has 146 valence electrons. The van der Waals surface area contributed by atoms with Gasteiger partial charge in [-0.1, -0.05) is 30.0 Å². The molecule has 4 aromatic rings. The smallest absolute Gasteiger partial charge is 0.269 e. The topological polar surface area (TPSA) is 94.8 Å². The van der Waals surface area contributed by atoms with E-state index < -0.39 is 10.0 Å². The quantitative estimate of drug-likeness (QED) is 0.266. The van der Waals surface area contributed by atoms with Gasteiger partial charge < -0.3 is 0 Å². The van der Waals surface area contributed by atoms with E-state index in [1.165, 1.54) is 24.2 Å². The van der Waals surface area contributed by atoms with E-state index in [0.29, 0.717) is 27.4 Å². The number of pyridine rings is 1.